The smallest absolute Gasteiger partial charge is 0.322 e. The fourth-order valence-corrected chi connectivity index (χ4v) is 6.23. The number of fused-ring (bicyclic) bond motifs is 3. The van der Waals surface area contributed by atoms with E-state index >= 15 is 0 Å². The topological polar surface area (TPSA) is 73.8 Å². The lowest BCUT2D eigenvalue weighted by Gasteiger charge is -2.36. The SMILES string of the molecule is CCOc1ccccc1NC(=O)N1CCN(c2nc(C(C)C)nc3sc4c(c23)CCN(CC)C4)CC1. The van der Waals surface area contributed by atoms with Crippen LogP contribution in [0, 0.1) is 0 Å². The van der Waals surface area contributed by atoms with Crippen LogP contribution in [0.1, 0.15) is 49.9 Å². The van der Waals surface area contributed by atoms with Gasteiger partial charge in [0, 0.05) is 50.1 Å². The van der Waals surface area contributed by atoms with Crippen LogP contribution in [-0.2, 0) is 13.0 Å². The van der Waals surface area contributed by atoms with E-state index < -0.39 is 0 Å². The molecule has 8 nitrogen and oxygen atoms in total. The molecule has 1 fully saturated rings. The number of ether oxygens (including phenoxy) is 1. The summed E-state index contributed by atoms with van der Waals surface area (Å²) in [5.41, 5.74) is 2.13. The number of piperazine rings is 1. The number of thiophene rings is 1. The van der Waals surface area contributed by atoms with Crippen molar-refractivity contribution in [1.29, 1.82) is 0 Å². The van der Waals surface area contributed by atoms with Crippen molar-refractivity contribution >= 4 is 39.1 Å². The summed E-state index contributed by atoms with van der Waals surface area (Å²) in [6, 6.07) is 7.49. The van der Waals surface area contributed by atoms with E-state index in [1.807, 2.05) is 47.4 Å². The molecule has 0 unspecified atom stereocenters. The van der Waals surface area contributed by atoms with E-state index in [1.165, 1.54) is 15.8 Å². The third kappa shape index (κ3) is 4.86. The van der Waals surface area contributed by atoms with Gasteiger partial charge in [-0.2, -0.15) is 0 Å². The van der Waals surface area contributed by atoms with Crippen molar-refractivity contribution in [2.75, 3.05) is 56.1 Å². The number of aromatic nitrogens is 2. The van der Waals surface area contributed by atoms with E-state index in [0.29, 0.717) is 31.1 Å². The number of likely N-dealkylation sites (N-methyl/N-ethyl adjacent to an activating group) is 1. The number of nitrogens with zero attached hydrogens (tertiary/aromatic N) is 5. The van der Waals surface area contributed by atoms with Gasteiger partial charge in [-0.05, 0) is 37.6 Å². The summed E-state index contributed by atoms with van der Waals surface area (Å²) in [6.45, 7) is 15.0. The van der Waals surface area contributed by atoms with Gasteiger partial charge < -0.3 is 19.9 Å². The molecule has 2 aliphatic rings. The predicted octanol–water partition coefficient (Wildman–Crippen LogP) is 4.95. The third-order valence-corrected chi connectivity index (χ3v) is 8.15. The molecular weight excluding hydrogens is 472 g/mol. The molecule has 9 heteroatoms. The highest BCUT2D eigenvalue weighted by atomic mass is 32.1. The molecule has 1 N–H and O–H groups in total. The first-order valence-electron chi connectivity index (χ1n) is 13.1. The number of nitrogens with one attached hydrogen (secondary N) is 1. The Morgan fingerprint density at radius 1 is 1.11 bits per heavy atom. The summed E-state index contributed by atoms with van der Waals surface area (Å²) < 4.78 is 5.67. The van der Waals surface area contributed by atoms with Crippen molar-refractivity contribution in [3.8, 4) is 5.75 Å². The molecule has 0 saturated carbocycles. The zero-order chi connectivity index (χ0) is 25.2. The van der Waals surface area contributed by atoms with Gasteiger partial charge in [0.1, 0.15) is 22.2 Å². The highest BCUT2D eigenvalue weighted by Gasteiger charge is 2.29. The van der Waals surface area contributed by atoms with Crippen LogP contribution in [0.3, 0.4) is 0 Å². The first kappa shape index (κ1) is 24.8. The molecule has 0 aliphatic carbocycles. The van der Waals surface area contributed by atoms with Gasteiger partial charge in [-0.25, -0.2) is 14.8 Å². The summed E-state index contributed by atoms with van der Waals surface area (Å²) in [5, 5.41) is 4.27. The van der Waals surface area contributed by atoms with Crippen LogP contribution in [-0.4, -0.2) is 71.7 Å². The average Bonchev–Trinajstić information content (AvgIpc) is 3.27. The molecule has 0 radical (unpaired) electrons. The van der Waals surface area contributed by atoms with Crippen LogP contribution in [0.4, 0.5) is 16.3 Å². The van der Waals surface area contributed by atoms with Gasteiger partial charge in [0.05, 0.1) is 17.7 Å². The van der Waals surface area contributed by atoms with Gasteiger partial charge in [-0.3, -0.25) is 4.90 Å². The van der Waals surface area contributed by atoms with E-state index in [2.05, 4.69) is 35.9 Å². The number of para-hydroxylation sites is 2. The van der Waals surface area contributed by atoms with E-state index in [0.717, 1.165) is 55.6 Å². The molecule has 1 saturated heterocycles. The van der Waals surface area contributed by atoms with Crippen molar-refractivity contribution < 1.29 is 9.53 Å². The summed E-state index contributed by atoms with van der Waals surface area (Å²) in [7, 11) is 0. The van der Waals surface area contributed by atoms with Crippen molar-refractivity contribution in [2.45, 2.75) is 46.6 Å². The predicted molar refractivity (Wildman–Crippen MR) is 147 cm³/mol. The van der Waals surface area contributed by atoms with Crippen LogP contribution >= 0.6 is 11.3 Å². The molecule has 2 amide bonds. The van der Waals surface area contributed by atoms with Crippen molar-refractivity contribution in [1.82, 2.24) is 19.8 Å². The lowest BCUT2D eigenvalue weighted by atomic mass is 10.0. The number of carbonyl (C=O) groups excluding carboxylic acids is 1. The largest absolute Gasteiger partial charge is 0.492 e. The maximum Gasteiger partial charge on any atom is 0.322 e. The summed E-state index contributed by atoms with van der Waals surface area (Å²) in [5.74, 6) is 2.90. The number of urea groups is 1. The molecule has 5 rings (SSSR count). The number of rotatable bonds is 6. The molecule has 0 atom stereocenters. The fraction of sp³-hybridized carbons (Fsp3) is 0.519. The number of benzene rings is 1. The van der Waals surface area contributed by atoms with Crippen molar-refractivity contribution in [2.24, 2.45) is 0 Å². The van der Waals surface area contributed by atoms with Crippen LogP contribution < -0.4 is 15.0 Å². The summed E-state index contributed by atoms with van der Waals surface area (Å²) in [4.78, 5) is 32.4. The molecule has 0 spiro atoms. The number of amides is 2. The second kappa shape index (κ2) is 10.6. The Bertz CT molecular complexity index is 1230. The van der Waals surface area contributed by atoms with Gasteiger partial charge >= 0.3 is 6.03 Å². The fourth-order valence-electron chi connectivity index (χ4n) is 4.97. The monoisotopic (exact) mass is 508 g/mol. The molecule has 2 aliphatic heterocycles. The maximum atomic E-state index is 13.0. The number of anilines is 2. The van der Waals surface area contributed by atoms with E-state index in [9.17, 15) is 4.79 Å². The summed E-state index contributed by atoms with van der Waals surface area (Å²) in [6.07, 6.45) is 1.04. The Labute approximate surface area is 217 Å². The molecule has 2 aromatic heterocycles. The highest BCUT2D eigenvalue weighted by molar-refractivity contribution is 7.19. The Morgan fingerprint density at radius 2 is 1.89 bits per heavy atom. The van der Waals surface area contributed by atoms with Gasteiger partial charge in [0.2, 0.25) is 0 Å². The second-order valence-electron chi connectivity index (χ2n) is 9.70. The molecule has 36 heavy (non-hydrogen) atoms. The Balaban J connectivity index is 1.36. The van der Waals surface area contributed by atoms with Crippen LogP contribution in [0.5, 0.6) is 5.75 Å². The van der Waals surface area contributed by atoms with Crippen LogP contribution in [0.15, 0.2) is 24.3 Å². The highest BCUT2D eigenvalue weighted by Crippen LogP contribution is 2.39. The molecule has 0 bridgehead atoms. The Morgan fingerprint density at radius 3 is 2.61 bits per heavy atom. The first-order valence-corrected chi connectivity index (χ1v) is 13.9. The lowest BCUT2D eigenvalue weighted by molar-refractivity contribution is 0.208. The van der Waals surface area contributed by atoms with E-state index in [1.54, 1.807) is 0 Å². The number of carbonyl (C=O) groups is 1. The van der Waals surface area contributed by atoms with Gasteiger partial charge in [-0.15, -0.1) is 11.3 Å². The summed E-state index contributed by atoms with van der Waals surface area (Å²) >= 11 is 1.83. The van der Waals surface area contributed by atoms with Gasteiger partial charge in [0.15, 0.2) is 0 Å². The normalized spacial score (nSPS) is 16.5. The number of hydrogen-bond donors (Lipinski definition) is 1. The van der Waals surface area contributed by atoms with E-state index in [-0.39, 0.29) is 11.9 Å². The molecule has 3 aromatic rings. The van der Waals surface area contributed by atoms with Crippen molar-refractivity contribution in [3.05, 3.63) is 40.5 Å². The van der Waals surface area contributed by atoms with E-state index in [4.69, 9.17) is 14.7 Å². The Hall–Kier alpha value is -2.91. The quantitative estimate of drug-likeness (QED) is 0.508. The average molecular weight is 509 g/mol. The minimum Gasteiger partial charge on any atom is -0.492 e. The number of hydrogen-bond acceptors (Lipinski definition) is 7. The first-order chi connectivity index (χ1) is 17.5. The zero-order valence-corrected chi connectivity index (χ0v) is 22.5. The van der Waals surface area contributed by atoms with Gasteiger partial charge in [0.25, 0.3) is 0 Å². The molecule has 4 heterocycles. The van der Waals surface area contributed by atoms with Crippen molar-refractivity contribution in [3.63, 3.8) is 0 Å². The van der Waals surface area contributed by atoms with Crippen LogP contribution in [0.25, 0.3) is 10.2 Å². The minimum absolute atomic E-state index is 0.0925. The molecule has 192 valence electrons. The molecular formula is C27H36N6O2S. The zero-order valence-electron chi connectivity index (χ0n) is 21.7. The minimum atomic E-state index is -0.0925. The maximum absolute atomic E-state index is 13.0. The van der Waals surface area contributed by atoms with Gasteiger partial charge in [-0.1, -0.05) is 32.9 Å². The molecule has 1 aromatic carbocycles. The third-order valence-electron chi connectivity index (χ3n) is 7.04. The Kier molecular flexibility index (Phi) is 7.29. The standard InChI is InChI=1S/C27H36N6O2S/c1-5-31-12-11-19-22(17-31)36-26-23(19)25(29-24(30-26)18(3)4)32-13-15-33(16-14-32)27(34)28-20-9-7-8-10-21(20)35-6-2/h7-10,18H,5-6,11-17H2,1-4H3,(H,28,34). The second-order valence-corrected chi connectivity index (χ2v) is 10.8. The lowest BCUT2D eigenvalue weighted by Crippen LogP contribution is -2.50. The van der Waals surface area contributed by atoms with Crippen LogP contribution in [0.2, 0.25) is 0 Å².